The smallest absolute Gasteiger partial charge is 0.462 e. The zero-order valence-electron chi connectivity index (χ0n) is 49.6. The fourth-order valence-electron chi connectivity index (χ4n) is 8.28. The molecule has 0 bridgehead atoms. The van der Waals surface area contributed by atoms with E-state index in [0.29, 0.717) is 19.3 Å². The highest BCUT2D eigenvalue weighted by atomic mass is 31.2. The summed E-state index contributed by atoms with van der Waals surface area (Å²) in [4.78, 5) is 48.6. The number of aliphatic hydroxyl groups excluding tert-OH is 1. The molecule has 12 heteroatoms. The van der Waals surface area contributed by atoms with Crippen molar-refractivity contribution in [3.63, 3.8) is 0 Å². The second kappa shape index (κ2) is 59.5. The minimum Gasteiger partial charge on any atom is -0.462 e. The summed E-state index contributed by atoms with van der Waals surface area (Å²) < 4.78 is 39.5. The van der Waals surface area contributed by atoms with Crippen LogP contribution in [-0.2, 0) is 42.2 Å². The van der Waals surface area contributed by atoms with Gasteiger partial charge in [0.25, 0.3) is 0 Å². The van der Waals surface area contributed by atoms with Crippen molar-refractivity contribution in [2.45, 2.75) is 277 Å². The van der Waals surface area contributed by atoms with Crippen molar-refractivity contribution in [1.82, 2.24) is 0 Å². The van der Waals surface area contributed by atoms with E-state index in [1.807, 2.05) is 18.2 Å². The number of ether oxygens (including phenoxy) is 3. The van der Waals surface area contributed by atoms with E-state index in [0.717, 1.165) is 89.9 Å². The van der Waals surface area contributed by atoms with Crippen LogP contribution >= 0.6 is 7.82 Å². The lowest BCUT2D eigenvalue weighted by Gasteiger charge is -2.21. The molecule has 0 heterocycles. The highest BCUT2D eigenvalue weighted by Crippen LogP contribution is 2.43. The molecule has 3 unspecified atom stereocenters. The van der Waals surface area contributed by atoms with Gasteiger partial charge in [-0.25, -0.2) is 4.57 Å². The van der Waals surface area contributed by atoms with Gasteiger partial charge >= 0.3 is 25.7 Å². The van der Waals surface area contributed by atoms with Crippen LogP contribution in [0.25, 0.3) is 0 Å². The largest absolute Gasteiger partial charge is 0.472 e. The fourth-order valence-corrected chi connectivity index (χ4v) is 9.06. The van der Waals surface area contributed by atoms with Crippen LogP contribution in [0.1, 0.15) is 265 Å². The first kappa shape index (κ1) is 74.4. The predicted octanol–water partition coefficient (Wildman–Crippen LogP) is 18.8. The summed E-state index contributed by atoms with van der Waals surface area (Å²) in [5.74, 6) is -1.61. The molecule has 0 fully saturated rings. The Hall–Kier alpha value is -3.60. The molecule has 0 spiro atoms. The second-order valence-corrected chi connectivity index (χ2v) is 22.0. The third kappa shape index (κ3) is 57.1. The van der Waals surface area contributed by atoms with Crippen LogP contribution in [0.2, 0.25) is 0 Å². The van der Waals surface area contributed by atoms with Crippen LogP contribution in [0.5, 0.6) is 0 Å². The van der Waals surface area contributed by atoms with Gasteiger partial charge < -0.3 is 24.2 Å². The van der Waals surface area contributed by atoms with Gasteiger partial charge in [-0.1, -0.05) is 240 Å². The molecular formula is C66H113O11P. The summed E-state index contributed by atoms with van der Waals surface area (Å²) in [5.41, 5.74) is 0. The van der Waals surface area contributed by atoms with Gasteiger partial charge in [-0.05, 0) is 103 Å². The number of allylic oxidation sites excluding steroid dienone is 15. The number of unbranched alkanes of at least 4 members (excludes halogenated alkanes) is 25. The Balaban J connectivity index is 4.79. The highest BCUT2D eigenvalue weighted by molar-refractivity contribution is 7.47. The summed E-state index contributed by atoms with van der Waals surface area (Å²) in [5, 5.41) is 9.81. The zero-order valence-corrected chi connectivity index (χ0v) is 50.5. The molecule has 0 aromatic rings. The van der Waals surface area contributed by atoms with Crippen LogP contribution < -0.4 is 0 Å². The molecular weight excluding hydrogens is 1000 g/mol. The van der Waals surface area contributed by atoms with Gasteiger partial charge in [0.15, 0.2) is 6.10 Å². The molecule has 0 aromatic heterocycles. The van der Waals surface area contributed by atoms with Crippen LogP contribution in [0.4, 0.5) is 0 Å². The average molecular weight is 1110 g/mol. The summed E-state index contributed by atoms with van der Waals surface area (Å²) in [6.45, 7) is 4.40. The number of aliphatic hydroxyl groups is 1. The lowest BCUT2D eigenvalue weighted by Crippen LogP contribution is -2.30. The van der Waals surface area contributed by atoms with Crippen molar-refractivity contribution < 1.29 is 52.2 Å². The molecule has 0 saturated heterocycles. The summed E-state index contributed by atoms with van der Waals surface area (Å²) in [7, 11) is -4.78. The Kier molecular flexibility index (Phi) is 56.8. The molecule has 448 valence electrons. The van der Waals surface area contributed by atoms with E-state index in [9.17, 15) is 28.9 Å². The van der Waals surface area contributed by atoms with Crippen LogP contribution in [-0.4, -0.2) is 66.5 Å². The van der Waals surface area contributed by atoms with E-state index >= 15 is 0 Å². The first-order valence-corrected chi connectivity index (χ1v) is 32.6. The molecule has 0 rings (SSSR count). The van der Waals surface area contributed by atoms with Crippen LogP contribution in [0, 0.1) is 0 Å². The maximum absolute atomic E-state index is 12.9. The molecule has 0 aromatic carbocycles. The number of phosphoric acid groups is 1. The van der Waals surface area contributed by atoms with Crippen molar-refractivity contribution in [3.8, 4) is 0 Å². The van der Waals surface area contributed by atoms with Gasteiger partial charge in [0.05, 0.1) is 26.2 Å². The Morgan fingerprint density at radius 2 is 0.718 bits per heavy atom. The van der Waals surface area contributed by atoms with E-state index in [2.05, 4.69) is 93.7 Å². The van der Waals surface area contributed by atoms with Gasteiger partial charge in [0, 0.05) is 12.8 Å². The molecule has 0 radical (unpaired) electrons. The average Bonchev–Trinajstić information content (AvgIpc) is 3.43. The number of esters is 3. The topological polar surface area (TPSA) is 155 Å². The maximum Gasteiger partial charge on any atom is 0.472 e. The number of hydrogen-bond acceptors (Lipinski definition) is 10. The van der Waals surface area contributed by atoms with Gasteiger partial charge in [0.1, 0.15) is 12.7 Å². The standard InChI is InChI=1S/C66H113O11P/c1-4-7-10-13-16-19-22-25-28-30-31-33-35-37-40-43-46-49-52-55-64(68)73-59-63(77-66(70)57-54-51-48-45-42-39-36-32-29-26-23-20-17-14-11-8-5-2)61-75-78(71,72)74-60-62(58-67)76-65(69)56-53-50-47-44-41-38-34-27-24-21-18-15-12-9-6-3/h9,12,16,18-19,21,25-29,34,41,44,50,53,62-63,67H,4-8,10-11,13-15,17,20,22-24,30-33,35-40,42-43,45-49,51-52,54-61H2,1-3H3,(H,71,72)/b12-9-,19-16-,21-18-,28-25-,29-26-,34-27-,44-41-,53-50-. The van der Waals surface area contributed by atoms with Crippen LogP contribution in [0.15, 0.2) is 97.2 Å². The van der Waals surface area contributed by atoms with Crippen LogP contribution in [0.3, 0.4) is 0 Å². The number of carbonyl (C=O) groups is 3. The first-order valence-electron chi connectivity index (χ1n) is 31.1. The van der Waals surface area contributed by atoms with Gasteiger partial charge in [-0.2, -0.15) is 0 Å². The lowest BCUT2D eigenvalue weighted by molar-refractivity contribution is -0.161. The molecule has 11 nitrogen and oxygen atoms in total. The van der Waals surface area contributed by atoms with Gasteiger partial charge in [0.2, 0.25) is 0 Å². The Morgan fingerprint density at radius 3 is 1.17 bits per heavy atom. The van der Waals surface area contributed by atoms with E-state index in [-0.39, 0.29) is 25.9 Å². The fraction of sp³-hybridized carbons (Fsp3) is 0.712. The maximum atomic E-state index is 12.9. The quantitative estimate of drug-likeness (QED) is 0.0197. The van der Waals surface area contributed by atoms with Gasteiger partial charge in [-0.15, -0.1) is 0 Å². The minimum atomic E-state index is -4.78. The Bertz CT molecular complexity index is 1680. The Morgan fingerprint density at radius 1 is 0.385 bits per heavy atom. The molecule has 0 aliphatic rings. The van der Waals surface area contributed by atoms with Crippen molar-refractivity contribution in [3.05, 3.63) is 97.2 Å². The molecule has 0 saturated carbocycles. The SMILES string of the molecule is CC/C=C\C/C=C\C/C=C\C/C=C\C/C=C\CC(=O)OC(CO)COP(=O)(O)OCC(COC(=O)CCCCCCCCCCC/C=C\C/C=C\CCCCC)OC(=O)CCCCCCCCC/C=C\CCCCCCCC. The molecule has 2 N–H and O–H groups in total. The molecule has 0 aliphatic heterocycles. The molecule has 78 heavy (non-hydrogen) atoms. The van der Waals surface area contributed by atoms with Crippen molar-refractivity contribution >= 4 is 25.7 Å². The minimum absolute atomic E-state index is 0.0582. The predicted molar refractivity (Wildman–Crippen MR) is 325 cm³/mol. The van der Waals surface area contributed by atoms with E-state index < -0.39 is 57.8 Å². The number of phosphoric ester groups is 1. The van der Waals surface area contributed by atoms with Crippen molar-refractivity contribution in [2.24, 2.45) is 0 Å². The van der Waals surface area contributed by atoms with Crippen molar-refractivity contribution in [1.29, 1.82) is 0 Å². The summed E-state index contributed by atoms with van der Waals surface area (Å²) >= 11 is 0. The number of carbonyl (C=O) groups excluding carboxylic acids is 3. The van der Waals surface area contributed by atoms with E-state index in [4.69, 9.17) is 23.3 Å². The molecule has 0 aliphatic carbocycles. The summed E-state index contributed by atoms with van der Waals surface area (Å²) in [6, 6.07) is 0. The third-order valence-corrected chi connectivity index (χ3v) is 13.9. The Labute approximate surface area is 476 Å². The molecule has 0 amide bonds. The summed E-state index contributed by atoms with van der Waals surface area (Å²) in [6.07, 6.45) is 71.0. The second-order valence-electron chi connectivity index (χ2n) is 20.5. The molecule has 3 atom stereocenters. The third-order valence-electron chi connectivity index (χ3n) is 13.0. The monoisotopic (exact) mass is 1110 g/mol. The van der Waals surface area contributed by atoms with Gasteiger partial charge in [-0.3, -0.25) is 23.4 Å². The first-order chi connectivity index (χ1) is 38.2. The van der Waals surface area contributed by atoms with Crippen molar-refractivity contribution in [2.75, 3.05) is 26.4 Å². The lowest BCUT2D eigenvalue weighted by atomic mass is 10.1. The van der Waals surface area contributed by atoms with E-state index in [1.165, 1.54) is 116 Å². The zero-order chi connectivity index (χ0) is 56.9. The van der Waals surface area contributed by atoms with E-state index in [1.54, 1.807) is 6.08 Å². The normalized spacial score (nSPS) is 14.0. The highest BCUT2D eigenvalue weighted by Gasteiger charge is 2.28. The number of rotatable bonds is 57. The number of hydrogen-bond donors (Lipinski definition) is 2.